The van der Waals surface area contributed by atoms with Crippen LogP contribution in [0.5, 0.6) is 0 Å². The van der Waals surface area contributed by atoms with E-state index in [-0.39, 0.29) is 0 Å². The molecule has 2 heterocycles. The highest BCUT2D eigenvalue weighted by Crippen LogP contribution is 2.26. The minimum atomic E-state index is 0.535. The van der Waals surface area contributed by atoms with Crippen LogP contribution in [0.4, 0.5) is 11.5 Å². The fourth-order valence-corrected chi connectivity index (χ4v) is 2.54. The van der Waals surface area contributed by atoms with Gasteiger partial charge in [0.15, 0.2) is 0 Å². The Morgan fingerprint density at radius 3 is 3.06 bits per heavy atom. The molecule has 0 spiro atoms. The summed E-state index contributed by atoms with van der Waals surface area (Å²) >= 11 is 1.61. The topological polar surface area (TPSA) is 63.8 Å². The lowest BCUT2D eigenvalue weighted by atomic mass is 10.2. The number of hydrogen-bond acceptors (Lipinski definition) is 5. The molecule has 0 unspecified atom stereocenters. The summed E-state index contributed by atoms with van der Waals surface area (Å²) in [6.45, 7) is 0.535. The Hall–Kier alpha value is -1.98. The lowest BCUT2D eigenvalue weighted by Crippen LogP contribution is -1.98. The summed E-state index contributed by atoms with van der Waals surface area (Å²) in [5.74, 6) is 0.829. The Kier molecular flexibility index (Phi) is 2.92. The van der Waals surface area contributed by atoms with Gasteiger partial charge in [-0.1, -0.05) is 12.1 Å². The highest BCUT2D eigenvalue weighted by Gasteiger charge is 2.04. The quantitative estimate of drug-likeness (QED) is 0.756. The molecule has 0 bridgehead atoms. The number of fused-ring (bicyclic) bond motifs is 1. The monoisotopic (exact) mass is 256 g/mol. The predicted octanol–water partition coefficient (Wildman–Crippen LogP) is 2.89. The normalized spacial score (nSPS) is 10.7. The van der Waals surface area contributed by atoms with Gasteiger partial charge in [-0.25, -0.2) is 9.97 Å². The summed E-state index contributed by atoms with van der Waals surface area (Å²) < 4.78 is 0. The van der Waals surface area contributed by atoms with Crippen molar-refractivity contribution in [1.29, 1.82) is 0 Å². The Morgan fingerprint density at radius 1 is 1.22 bits per heavy atom. The molecule has 4 nitrogen and oxygen atoms in total. The van der Waals surface area contributed by atoms with E-state index in [0.717, 1.165) is 27.3 Å². The van der Waals surface area contributed by atoms with Crippen LogP contribution in [0.2, 0.25) is 0 Å². The van der Waals surface area contributed by atoms with Crippen LogP contribution in [0.3, 0.4) is 0 Å². The molecule has 5 heteroatoms. The molecule has 3 aromatic rings. The number of nitrogens with zero attached hydrogens (tertiary/aromatic N) is 2. The number of anilines is 2. The number of benzene rings is 1. The van der Waals surface area contributed by atoms with Crippen molar-refractivity contribution in [3.63, 3.8) is 0 Å². The van der Waals surface area contributed by atoms with Crippen LogP contribution in [-0.4, -0.2) is 9.97 Å². The van der Waals surface area contributed by atoms with Crippen LogP contribution < -0.4 is 11.1 Å². The van der Waals surface area contributed by atoms with Gasteiger partial charge in [0, 0.05) is 12.2 Å². The van der Waals surface area contributed by atoms with Gasteiger partial charge in [0.2, 0.25) is 0 Å². The van der Waals surface area contributed by atoms with Crippen LogP contribution in [0.1, 0.15) is 5.56 Å². The van der Waals surface area contributed by atoms with Gasteiger partial charge in [0.05, 0.1) is 5.39 Å². The van der Waals surface area contributed by atoms with Crippen LogP contribution in [0, 0.1) is 0 Å². The molecular weight excluding hydrogens is 244 g/mol. The zero-order valence-corrected chi connectivity index (χ0v) is 10.4. The van der Waals surface area contributed by atoms with Gasteiger partial charge in [-0.2, -0.15) is 0 Å². The largest absolute Gasteiger partial charge is 0.340 e. The van der Waals surface area contributed by atoms with E-state index in [9.17, 15) is 0 Å². The average Bonchev–Trinajstić information content (AvgIpc) is 2.88. The van der Waals surface area contributed by atoms with Crippen molar-refractivity contribution in [2.24, 2.45) is 5.73 Å². The molecule has 0 aliphatic carbocycles. The van der Waals surface area contributed by atoms with E-state index in [2.05, 4.69) is 15.3 Å². The van der Waals surface area contributed by atoms with Crippen LogP contribution in [-0.2, 0) is 6.54 Å². The highest BCUT2D eigenvalue weighted by atomic mass is 32.1. The molecule has 90 valence electrons. The molecule has 1 aromatic carbocycles. The first-order valence-corrected chi connectivity index (χ1v) is 6.49. The summed E-state index contributed by atoms with van der Waals surface area (Å²) in [4.78, 5) is 9.50. The summed E-state index contributed by atoms with van der Waals surface area (Å²) in [5.41, 5.74) is 7.72. The Morgan fingerprint density at radius 2 is 2.17 bits per heavy atom. The zero-order chi connectivity index (χ0) is 12.4. The highest BCUT2D eigenvalue weighted by molar-refractivity contribution is 7.16. The van der Waals surface area contributed by atoms with Crippen LogP contribution in [0.15, 0.2) is 42.0 Å². The number of aromatic nitrogens is 2. The van der Waals surface area contributed by atoms with Crippen molar-refractivity contribution >= 4 is 33.1 Å². The van der Waals surface area contributed by atoms with Gasteiger partial charge in [0.1, 0.15) is 17.0 Å². The van der Waals surface area contributed by atoms with Gasteiger partial charge in [0.25, 0.3) is 0 Å². The second-order valence-corrected chi connectivity index (χ2v) is 4.79. The standard InChI is InChI=1S/C13H12N4S/c14-7-9-2-1-3-10(6-9)17-12-11-4-5-18-13(11)16-8-15-12/h1-6,8H,7,14H2,(H,15,16,17). The Balaban J connectivity index is 1.98. The summed E-state index contributed by atoms with van der Waals surface area (Å²) in [6, 6.07) is 10.0. The van der Waals surface area contributed by atoms with Crippen LogP contribution >= 0.6 is 11.3 Å². The molecule has 0 saturated carbocycles. The molecule has 0 amide bonds. The van der Waals surface area contributed by atoms with Crippen molar-refractivity contribution in [2.45, 2.75) is 6.54 Å². The van der Waals surface area contributed by atoms with E-state index in [4.69, 9.17) is 5.73 Å². The molecule has 0 radical (unpaired) electrons. The van der Waals surface area contributed by atoms with E-state index in [1.165, 1.54) is 0 Å². The van der Waals surface area contributed by atoms with Crippen molar-refractivity contribution < 1.29 is 0 Å². The first-order valence-electron chi connectivity index (χ1n) is 5.61. The third-order valence-electron chi connectivity index (χ3n) is 2.69. The zero-order valence-electron chi connectivity index (χ0n) is 9.63. The van der Waals surface area contributed by atoms with Crippen molar-refractivity contribution in [1.82, 2.24) is 9.97 Å². The first-order chi connectivity index (χ1) is 8.86. The van der Waals surface area contributed by atoms with E-state index in [1.54, 1.807) is 17.7 Å². The van der Waals surface area contributed by atoms with Crippen LogP contribution in [0.25, 0.3) is 10.2 Å². The van der Waals surface area contributed by atoms with E-state index >= 15 is 0 Å². The molecule has 0 saturated heterocycles. The van der Waals surface area contributed by atoms with E-state index in [0.29, 0.717) is 6.54 Å². The molecule has 3 N–H and O–H groups in total. The third-order valence-corrected chi connectivity index (χ3v) is 3.51. The van der Waals surface area contributed by atoms with E-state index < -0.39 is 0 Å². The Labute approximate surface area is 109 Å². The fraction of sp³-hybridized carbons (Fsp3) is 0.0769. The molecule has 0 aliphatic rings. The number of rotatable bonds is 3. The van der Waals surface area contributed by atoms with Gasteiger partial charge >= 0.3 is 0 Å². The maximum absolute atomic E-state index is 5.63. The average molecular weight is 256 g/mol. The maximum Gasteiger partial charge on any atom is 0.142 e. The van der Waals surface area contributed by atoms with Crippen molar-refractivity contribution in [2.75, 3.05) is 5.32 Å². The van der Waals surface area contributed by atoms with E-state index in [1.807, 2.05) is 35.7 Å². The first kappa shape index (κ1) is 11.1. The lowest BCUT2D eigenvalue weighted by molar-refractivity contribution is 1.07. The molecule has 2 aromatic heterocycles. The van der Waals surface area contributed by atoms with Crippen molar-refractivity contribution in [3.8, 4) is 0 Å². The third kappa shape index (κ3) is 2.05. The number of nitrogens with one attached hydrogen (secondary N) is 1. The fourth-order valence-electron chi connectivity index (χ4n) is 1.80. The lowest BCUT2D eigenvalue weighted by Gasteiger charge is -2.07. The van der Waals surface area contributed by atoms with Crippen molar-refractivity contribution in [3.05, 3.63) is 47.6 Å². The summed E-state index contributed by atoms with van der Waals surface area (Å²) in [5, 5.41) is 6.36. The van der Waals surface area contributed by atoms with Gasteiger partial charge in [-0.05, 0) is 29.1 Å². The second-order valence-electron chi connectivity index (χ2n) is 3.89. The van der Waals surface area contributed by atoms with Gasteiger partial charge < -0.3 is 11.1 Å². The molecule has 3 rings (SSSR count). The summed E-state index contributed by atoms with van der Waals surface area (Å²) in [7, 11) is 0. The number of thiophene rings is 1. The van der Waals surface area contributed by atoms with Gasteiger partial charge in [-0.15, -0.1) is 11.3 Å². The molecular formula is C13H12N4S. The van der Waals surface area contributed by atoms with Gasteiger partial charge in [-0.3, -0.25) is 0 Å². The minimum absolute atomic E-state index is 0.535. The molecule has 0 aliphatic heterocycles. The molecule has 0 atom stereocenters. The maximum atomic E-state index is 5.63. The SMILES string of the molecule is NCc1cccc(Nc2ncnc3sccc23)c1. The minimum Gasteiger partial charge on any atom is -0.340 e. The number of hydrogen-bond donors (Lipinski definition) is 2. The summed E-state index contributed by atoms with van der Waals surface area (Å²) in [6.07, 6.45) is 1.58. The predicted molar refractivity (Wildman–Crippen MR) is 75.0 cm³/mol. The molecule has 18 heavy (non-hydrogen) atoms. The smallest absolute Gasteiger partial charge is 0.142 e. The second kappa shape index (κ2) is 4.72. The molecule has 0 fully saturated rings. The Bertz CT molecular complexity index is 677. The number of nitrogens with two attached hydrogens (primary N) is 1.